The Morgan fingerprint density at radius 3 is 2.42 bits per heavy atom. The van der Waals surface area contributed by atoms with Crippen molar-refractivity contribution in [3.8, 4) is 5.75 Å². The van der Waals surface area contributed by atoms with E-state index in [1.54, 1.807) is 30.3 Å². The van der Waals surface area contributed by atoms with Crippen LogP contribution in [0.1, 0.15) is 11.1 Å². The SMILES string of the molecule is Cc1ccc(Cl)c(OCc2ccc(B(O)O)cc2)c1. The summed E-state index contributed by atoms with van der Waals surface area (Å²) in [4.78, 5) is 0. The molecule has 0 saturated heterocycles. The van der Waals surface area contributed by atoms with E-state index in [-0.39, 0.29) is 0 Å². The van der Waals surface area contributed by atoms with Crippen LogP contribution in [0, 0.1) is 6.92 Å². The molecule has 0 saturated carbocycles. The second-order valence-electron chi connectivity index (χ2n) is 4.34. The summed E-state index contributed by atoms with van der Waals surface area (Å²) in [6.07, 6.45) is 0. The molecule has 2 rings (SSSR count). The highest BCUT2D eigenvalue weighted by atomic mass is 35.5. The first kappa shape index (κ1) is 13.9. The molecule has 3 nitrogen and oxygen atoms in total. The number of rotatable bonds is 4. The Morgan fingerprint density at radius 2 is 1.79 bits per heavy atom. The van der Waals surface area contributed by atoms with Gasteiger partial charge < -0.3 is 14.8 Å². The van der Waals surface area contributed by atoms with Gasteiger partial charge in [-0.25, -0.2) is 0 Å². The van der Waals surface area contributed by atoms with Gasteiger partial charge in [0.05, 0.1) is 5.02 Å². The molecule has 0 fully saturated rings. The molecule has 0 aromatic heterocycles. The summed E-state index contributed by atoms with van der Waals surface area (Å²) >= 11 is 6.04. The minimum Gasteiger partial charge on any atom is -0.487 e. The highest BCUT2D eigenvalue weighted by Crippen LogP contribution is 2.25. The van der Waals surface area contributed by atoms with Crippen LogP contribution >= 0.6 is 11.6 Å². The monoisotopic (exact) mass is 276 g/mol. The summed E-state index contributed by atoms with van der Waals surface area (Å²) in [5.41, 5.74) is 2.47. The van der Waals surface area contributed by atoms with Gasteiger partial charge in [0.15, 0.2) is 0 Å². The third-order valence-electron chi connectivity index (χ3n) is 2.76. The third kappa shape index (κ3) is 3.74. The van der Waals surface area contributed by atoms with Gasteiger partial charge in [-0.2, -0.15) is 0 Å². The standard InChI is InChI=1S/C14H14BClO3/c1-10-2-7-13(16)14(8-10)19-9-11-3-5-12(6-4-11)15(17)18/h2-8,17-18H,9H2,1H3. The maximum Gasteiger partial charge on any atom is 0.488 e. The smallest absolute Gasteiger partial charge is 0.487 e. The first-order valence-electron chi connectivity index (χ1n) is 5.90. The van der Waals surface area contributed by atoms with Crippen molar-refractivity contribution >= 4 is 24.2 Å². The number of halogens is 1. The molecule has 0 amide bonds. The van der Waals surface area contributed by atoms with Gasteiger partial charge in [-0.15, -0.1) is 0 Å². The molecule has 0 heterocycles. The van der Waals surface area contributed by atoms with Gasteiger partial charge in [-0.05, 0) is 35.6 Å². The van der Waals surface area contributed by atoms with Crippen LogP contribution in [0.5, 0.6) is 5.75 Å². The van der Waals surface area contributed by atoms with E-state index in [0.717, 1.165) is 11.1 Å². The summed E-state index contributed by atoms with van der Waals surface area (Å²) in [5, 5.41) is 18.6. The maximum atomic E-state index is 9.00. The van der Waals surface area contributed by atoms with E-state index in [1.165, 1.54) is 0 Å². The quantitative estimate of drug-likeness (QED) is 0.839. The Bertz CT molecular complexity index is 555. The van der Waals surface area contributed by atoms with Crippen molar-refractivity contribution in [2.75, 3.05) is 0 Å². The van der Waals surface area contributed by atoms with E-state index in [1.807, 2.05) is 19.1 Å². The minimum atomic E-state index is -1.44. The molecule has 0 aliphatic rings. The fraction of sp³-hybridized carbons (Fsp3) is 0.143. The number of benzene rings is 2. The van der Waals surface area contributed by atoms with Crippen LogP contribution in [-0.2, 0) is 6.61 Å². The summed E-state index contributed by atoms with van der Waals surface area (Å²) < 4.78 is 5.65. The van der Waals surface area contributed by atoms with Gasteiger partial charge in [0, 0.05) is 0 Å². The molecule has 0 bridgehead atoms. The normalized spacial score (nSPS) is 10.3. The van der Waals surface area contributed by atoms with Crippen LogP contribution in [-0.4, -0.2) is 17.2 Å². The van der Waals surface area contributed by atoms with E-state index in [9.17, 15) is 0 Å². The molecule has 2 N–H and O–H groups in total. The minimum absolute atomic E-state index is 0.380. The predicted octanol–water partition coefficient (Wildman–Crippen LogP) is 1.91. The number of hydrogen-bond acceptors (Lipinski definition) is 3. The van der Waals surface area contributed by atoms with Crippen molar-refractivity contribution in [3.05, 3.63) is 58.6 Å². The van der Waals surface area contributed by atoms with Gasteiger partial charge >= 0.3 is 7.12 Å². The zero-order chi connectivity index (χ0) is 13.8. The Kier molecular flexibility index (Phi) is 4.48. The first-order valence-corrected chi connectivity index (χ1v) is 6.28. The topological polar surface area (TPSA) is 49.7 Å². The average Bonchev–Trinajstić information content (AvgIpc) is 2.40. The Morgan fingerprint density at radius 1 is 1.11 bits per heavy atom. The molecule has 0 aliphatic carbocycles. The van der Waals surface area contributed by atoms with Crippen LogP contribution in [0.15, 0.2) is 42.5 Å². The molecule has 2 aromatic carbocycles. The van der Waals surface area contributed by atoms with E-state index < -0.39 is 7.12 Å². The average molecular weight is 277 g/mol. The second kappa shape index (κ2) is 6.11. The van der Waals surface area contributed by atoms with E-state index in [0.29, 0.717) is 22.8 Å². The molecule has 0 radical (unpaired) electrons. The molecule has 0 atom stereocenters. The van der Waals surface area contributed by atoms with Crippen molar-refractivity contribution in [1.82, 2.24) is 0 Å². The molecule has 19 heavy (non-hydrogen) atoms. The van der Waals surface area contributed by atoms with Gasteiger partial charge in [0.1, 0.15) is 12.4 Å². The molecule has 0 spiro atoms. The largest absolute Gasteiger partial charge is 0.488 e. The van der Waals surface area contributed by atoms with Crippen molar-refractivity contribution in [2.24, 2.45) is 0 Å². The Balaban J connectivity index is 2.04. The summed E-state index contributed by atoms with van der Waals surface area (Å²) in [6.45, 7) is 2.35. The van der Waals surface area contributed by atoms with Gasteiger partial charge in [0.25, 0.3) is 0 Å². The fourth-order valence-electron chi connectivity index (χ4n) is 1.67. The lowest BCUT2D eigenvalue weighted by Crippen LogP contribution is -2.29. The third-order valence-corrected chi connectivity index (χ3v) is 3.07. The molecule has 98 valence electrons. The molecule has 0 unspecified atom stereocenters. The Labute approximate surface area is 117 Å². The van der Waals surface area contributed by atoms with Gasteiger partial charge in [-0.1, -0.05) is 41.9 Å². The van der Waals surface area contributed by atoms with Crippen molar-refractivity contribution < 1.29 is 14.8 Å². The van der Waals surface area contributed by atoms with Crippen LogP contribution in [0.2, 0.25) is 5.02 Å². The highest BCUT2D eigenvalue weighted by Gasteiger charge is 2.10. The lowest BCUT2D eigenvalue weighted by Gasteiger charge is -2.09. The molecule has 5 heteroatoms. The summed E-state index contributed by atoms with van der Waals surface area (Å²) in [7, 11) is -1.44. The lowest BCUT2D eigenvalue weighted by molar-refractivity contribution is 0.306. The van der Waals surface area contributed by atoms with E-state index in [4.69, 9.17) is 26.4 Å². The second-order valence-corrected chi connectivity index (χ2v) is 4.75. The molecular weight excluding hydrogens is 262 g/mol. The molecular formula is C14H14BClO3. The zero-order valence-electron chi connectivity index (χ0n) is 10.5. The maximum absolute atomic E-state index is 9.00. The van der Waals surface area contributed by atoms with E-state index in [2.05, 4.69) is 0 Å². The number of hydrogen-bond donors (Lipinski definition) is 2. The van der Waals surface area contributed by atoms with E-state index >= 15 is 0 Å². The first-order chi connectivity index (χ1) is 9.06. The number of aryl methyl sites for hydroxylation is 1. The predicted molar refractivity (Wildman–Crippen MR) is 76.8 cm³/mol. The van der Waals surface area contributed by atoms with Crippen molar-refractivity contribution in [1.29, 1.82) is 0 Å². The van der Waals surface area contributed by atoms with Crippen LogP contribution in [0.3, 0.4) is 0 Å². The Hall–Kier alpha value is -1.49. The molecule has 0 aliphatic heterocycles. The highest BCUT2D eigenvalue weighted by molar-refractivity contribution is 6.58. The van der Waals surface area contributed by atoms with Gasteiger partial charge in [-0.3, -0.25) is 0 Å². The van der Waals surface area contributed by atoms with Crippen LogP contribution < -0.4 is 10.2 Å². The molecule has 2 aromatic rings. The van der Waals surface area contributed by atoms with Crippen molar-refractivity contribution in [3.63, 3.8) is 0 Å². The fourth-order valence-corrected chi connectivity index (χ4v) is 1.84. The zero-order valence-corrected chi connectivity index (χ0v) is 11.3. The van der Waals surface area contributed by atoms with Crippen LogP contribution in [0.4, 0.5) is 0 Å². The lowest BCUT2D eigenvalue weighted by atomic mass is 9.80. The van der Waals surface area contributed by atoms with Crippen molar-refractivity contribution in [2.45, 2.75) is 13.5 Å². The summed E-state index contributed by atoms with van der Waals surface area (Å²) in [6, 6.07) is 12.5. The van der Waals surface area contributed by atoms with Gasteiger partial charge in [0.2, 0.25) is 0 Å². The number of ether oxygens (including phenoxy) is 1. The summed E-state index contributed by atoms with van der Waals surface area (Å²) in [5.74, 6) is 0.646. The van der Waals surface area contributed by atoms with Crippen LogP contribution in [0.25, 0.3) is 0 Å².